The molecular weight excluding hydrogens is 380 g/mol. The fraction of sp³-hybridized carbons (Fsp3) is 0.348. The van der Waals surface area contributed by atoms with Gasteiger partial charge in [0.15, 0.2) is 0 Å². The second-order valence-corrected chi connectivity index (χ2v) is 7.77. The summed E-state index contributed by atoms with van der Waals surface area (Å²) in [4.78, 5) is 38.1. The first-order chi connectivity index (χ1) is 14.6. The van der Waals surface area contributed by atoms with Crippen molar-refractivity contribution in [2.45, 2.75) is 38.0 Å². The Labute approximate surface area is 175 Å². The zero-order valence-electron chi connectivity index (χ0n) is 17.0. The van der Waals surface area contributed by atoms with Crippen molar-refractivity contribution in [3.8, 4) is 0 Å². The molecule has 7 nitrogen and oxygen atoms in total. The third-order valence-corrected chi connectivity index (χ3v) is 5.82. The minimum Gasteiger partial charge on any atom is -0.322 e. The zero-order chi connectivity index (χ0) is 21.1. The van der Waals surface area contributed by atoms with Crippen LogP contribution in [0.2, 0.25) is 0 Å². The van der Waals surface area contributed by atoms with Crippen LogP contribution >= 0.6 is 0 Å². The van der Waals surface area contributed by atoms with Gasteiger partial charge in [0.2, 0.25) is 11.8 Å². The van der Waals surface area contributed by atoms with Gasteiger partial charge in [-0.15, -0.1) is 0 Å². The van der Waals surface area contributed by atoms with Gasteiger partial charge in [0.05, 0.1) is 0 Å². The molecule has 4 rings (SSSR count). The van der Waals surface area contributed by atoms with Crippen LogP contribution in [0.5, 0.6) is 0 Å². The predicted octanol–water partition coefficient (Wildman–Crippen LogP) is 1.50. The number of benzene rings is 2. The van der Waals surface area contributed by atoms with Crippen molar-refractivity contribution in [2.24, 2.45) is 0 Å². The van der Waals surface area contributed by atoms with E-state index in [9.17, 15) is 14.4 Å². The van der Waals surface area contributed by atoms with Crippen LogP contribution in [0.1, 0.15) is 45.9 Å². The first-order valence-corrected chi connectivity index (χ1v) is 10.3. The highest BCUT2D eigenvalue weighted by Gasteiger charge is 2.39. The second kappa shape index (κ2) is 8.77. The van der Waals surface area contributed by atoms with Gasteiger partial charge in [-0.25, -0.2) is 0 Å². The standard InChI is InChI=1S/C23H26N4O3/c1-24-19(16-5-3-2-4-6-16)13-25-12-15-7-8-17-14-27(23(30)18(17)11-15)20-9-10-21(28)26-22(20)29/h2-8,11,19-20,24-25H,9-10,12-14H2,1H3,(H,26,28,29). The molecule has 0 radical (unpaired) electrons. The highest BCUT2D eigenvalue weighted by atomic mass is 16.2. The second-order valence-electron chi connectivity index (χ2n) is 7.77. The number of hydrogen-bond donors (Lipinski definition) is 3. The Kier molecular flexibility index (Phi) is 5.92. The molecular formula is C23H26N4O3. The summed E-state index contributed by atoms with van der Waals surface area (Å²) in [7, 11) is 1.94. The average molecular weight is 406 g/mol. The summed E-state index contributed by atoms with van der Waals surface area (Å²) < 4.78 is 0. The molecule has 156 valence electrons. The molecule has 2 atom stereocenters. The quantitative estimate of drug-likeness (QED) is 0.607. The van der Waals surface area contributed by atoms with Crippen molar-refractivity contribution in [2.75, 3.05) is 13.6 Å². The highest BCUT2D eigenvalue weighted by molar-refractivity contribution is 6.05. The van der Waals surface area contributed by atoms with E-state index < -0.39 is 6.04 Å². The van der Waals surface area contributed by atoms with E-state index in [4.69, 9.17) is 0 Å². The molecule has 2 aromatic rings. The largest absolute Gasteiger partial charge is 0.322 e. The number of piperidine rings is 1. The molecule has 30 heavy (non-hydrogen) atoms. The molecule has 0 bridgehead atoms. The minimum absolute atomic E-state index is 0.140. The fourth-order valence-electron chi connectivity index (χ4n) is 4.14. The molecule has 2 unspecified atom stereocenters. The Bertz CT molecular complexity index is 960. The first kappa shape index (κ1) is 20.3. The van der Waals surface area contributed by atoms with Gasteiger partial charge in [-0.3, -0.25) is 19.7 Å². The monoisotopic (exact) mass is 406 g/mol. The number of imide groups is 1. The number of nitrogens with one attached hydrogen (secondary N) is 3. The van der Waals surface area contributed by atoms with Crippen molar-refractivity contribution >= 4 is 17.7 Å². The van der Waals surface area contributed by atoms with Gasteiger partial charge >= 0.3 is 0 Å². The summed E-state index contributed by atoms with van der Waals surface area (Å²) in [6, 6.07) is 15.8. The van der Waals surface area contributed by atoms with Gasteiger partial charge in [0.1, 0.15) is 6.04 Å². The third-order valence-electron chi connectivity index (χ3n) is 5.82. The van der Waals surface area contributed by atoms with Crippen LogP contribution in [-0.2, 0) is 22.7 Å². The topological polar surface area (TPSA) is 90.5 Å². The molecule has 1 fully saturated rings. The summed E-state index contributed by atoms with van der Waals surface area (Å²) >= 11 is 0. The van der Waals surface area contributed by atoms with Crippen molar-refractivity contribution in [1.82, 2.24) is 20.9 Å². The molecule has 3 N–H and O–H groups in total. The number of nitrogens with zero attached hydrogens (tertiary/aromatic N) is 1. The first-order valence-electron chi connectivity index (χ1n) is 10.3. The lowest BCUT2D eigenvalue weighted by Crippen LogP contribution is -2.52. The number of fused-ring (bicyclic) bond motifs is 1. The maximum Gasteiger partial charge on any atom is 0.255 e. The smallest absolute Gasteiger partial charge is 0.255 e. The molecule has 2 heterocycles. The van der Waals surface area contributed by atoms with E-state index in [1.807, 2.05) is 43.4 Å². The van der Waals surface area contributed by atoms with E-state index in [1.165, 1.54) is 5.56 Å². The van der Waals surface area contributed by atoms with E-state index in [0.717, 1.165) is 17.7 Å². The number of carbonyl (C=O) groups excluding carboxylic acids is 3. The van der Waals surface area contributed by atoms with Crippen LogP contribution in [0, 0.1) is 0 Å². The van der Waals surface area contributed by atoms with Gasteiger partial charge in [-0.1, -0.05) is 42.5 Å². The number of amides is 3. The Balaban J connectivity index is 1.38. The number of rotatable bonds is 7. The number of carbonyl (C=O) groups is 3. The Morgan fingerprint density at radius 3 is 2.67 bits per heavy atom. The van der Waals surface area contributed by atoms with Gasteiger partial charge in [0, 0.05) is 37.7 Å². The van der Waals surface area contributed by atoms with Crippen LogP contribution in [0.4, 0.5) is 0 Å². The van der Waals surface area contributed by atoms with Gasteiger partial charge in [0.25, 0.3) is 5.91 Å². The van der Waals surface area contributed by atoms with E-state index in [2.05, 4.69) is 28.1 Å². The maximum atomic E-state index is 12.9. The Morgan fingerprint density at radius 2 is 1.93 bits per heavy atom. The van der Waals surface area contributed by atoms with Crippen molar-refractivity contribution < 1.29 is 14.4 Å². The maximum absolute atomic E-state index is 12.9. The molecule has 0 aliphatic carbocycles. The van der Waals surface area contributed by atoms with E-state index >= 15 is 0 Å². The summed E-state index contributed by atoms with van der Waals surface area (Å²) in [6.07, 6.45) is 0.642. The van der Waals surface area contributed by atoms with E-state index in [1.54, 1.807) is 4.90 Å². The highest BCUT2D eigenvalue weighted by Crippen LogP contribution is 2.28. The van der Waals surface area contributed by atoms with E-state index in [-0.39, 0.29) is 30.2 Å². The molecule has 3 amide bonds. The lowest BCUT2D eigenvalue weighted by Gasteiger charge is -2.29. The average Bonchev–Trinajstić information content (AvgIpc) is 3.08. The molecule has 0 aromatic heterocycles. The third kappa shape index (κ3) is 4.13. The summed E-state index contributed by atoms with van der Waals surface area (Å²) in [5.41, 5.74) is 3.81. The summed E-state index contributed by atoms with van der Waals surface area (Å²) in [6.45, 7) is 1.81. The van der Waals surface area contributed by atoms with Crippen LogP contribution in [0.15, 0.2) is 48.5 Å². The normalized spacial score (nSPS) is 19.6. The molecule has 2 aliphatic heterocycles. The van der Waals surface area contributed by atoms with Gasteiger partial charge in [-0.2, -0.15) is 0 Å². The number of likely N-dealkylation sites (N-methyl/N-ethyl adjacent to an activating group) is 1. The van der Waals surface area contributed by atoms with Crippen LogP contribution < -0.4 is 16.0 Å². The van der Waals surface area contributed by atoms with Gasteiger partial charge < -0.3 is 15.5 Å². The van der Waals surface area contributed by atoms with Crippen molar-refractivity contribution in [3.63, 3.8) is 0 Å². The molecule has 7 heteroatoms. The fourth-order valence-corrected chi connectivity index (χ4v) is 4.14. The summed E-state index contributed by atoms with van der Waals surface area (Å²) in [5, 5.41) is 9.11. The van der Waals surface area contributed by atoms with Crippen molar-refractivity contribution in [3.05, 3.63) is 70.8 Å². The molecule has 0 saturated carbocycles. The lowest BCUT2D eigenvalue weighted by molar-refractivity contribution is -0.136. The van der Waals surface area contributed by atoms with Crippen LogP contribution in [-0.4, -0.2) is 42.3 Å². The molecule has 0 spiro atoms. The van der Waals surface area contributed by atoms with Gasteiger partial charge in [-0.05, 0) is 36.2 Å². The minimum atomic E-state index is -0.577. The number of hydrogen-bond acceptors (Lipinski definition) is 5. The predicted molar refractivity (Wildman–Crippen MR) is 112 cm³/mol. The van der Waals surface area contributed by atoms with Crippen LogP contribution in [0.3, 0.4) is 0 Å². The zero-order valence-corrected chi connectivity index (χ0v) is 17.0. The van der Waals surface area contributed by atoms with Crippen LogP contribution in [0.25, 0.3) is 0 Å². The van der Waals surface area contributed by atoms with Crippen molar-refractivity contribution in [1.29, 1.82) is 0 Å². The lowest BCUT2D eigenvalue weighted by atomic mass is 10.0. The Hall–Kier alpha value is -3.03. The summed E-state index contributed by atoms with van der Waals surface area (Å²) in [5.74, 6) is -0.795. The molecule has 2 aliphatic rings. The van der Waals surface area contributed by atoms with E-state index in [0.29, 0.717) is 25.1 Å². The molecule has 2 aromatic carbocycles. The SMILES string of the molecule is CNC(CNCc1ccc2c(c1)C(=O)N(C1CCC(=O)NC1=O)C2)c1ccccc1. The Morgan fingerprint density at radius 1 is 1.13 bits per heavy atom. The molecule has 1 saturated heterocycles.